The van der Waals surface area contributed by atoms with Crippen molar-refractivity contribution in [3.8, 4) is 28.6 Å². The van der Waals surface area contributed by atoms with E-state index in [9.17, 15) is 35.8 Å². The van der Waals surface area contributed by atoms with Crippen LogP contribution in [0.2, 0.25) is 0 Å². The van der Waals surface area contributed by atoms with Crippen LogP contribution in [0, 0.1) is 0 Å². The summed E-state index contributed by atoms with van der Waals surface area (Å²) in [5.74, 6) is -1.54. The highest BCUT2D eigenvalue weighted by Crippen LogP contribution is 2.32. The van der Waals surface area contributed by atoms with Gasteiger partial charge in [-0.3, -0.25) is 4.79 Å². The zero-order chi connectivity index (χ0) is 20.7. The summed E-state index contributed by atoms with van der Waals surface area (Å²) < 4.78 is 77.6. The van der Waals surface area contributed by atoms with Gasteiger partial charge in [-0.05, 0) is 24.3 Å². The Morgan fingerprint density at radius 2 is 1.43 bits per heavy atom. The minimum Gasteiger partial charge on any atom is -0.716 e. The monoisotopic (exact) mass is 428 g/mol. The maximum Gasteiger partial charge on any atom is 0.262 e. The van der Waals surface area contributed by atoms with Crippen LogP contribution in [-0.2, 0) is 20.8 Å². The summed E-state index contributed by atoms with van der Waals surface area (Å²) in [6.45, 7) is 0. The zero-order valence-corrected chi connectivity index (χ0v) is 15.0. The van der Waals surface area contributed by atoms with Gasteiger partial charge in [-0.1, -0.05) is 0 Å². The van der Waals surface area contributed by atoms with Gasteiger partial charge < -0.3 is 27.0 Å². The maximum absolute atomic E-state index is 12.3. The molecule has 11 nitrogen and oxygen atoms in total. The predicted molar refractivity (Wildman–Crippen MR) is 90.2 cm³/mol. The first-order chi connectivity index (χ1) is 12.9. The molecule has 0 unspecified atom stereocenters. The van der Waals surface area contributed by atoms with E-state index in [4.69, 9.17) is 4.42 Å². The second-order valence-electron chi connectivity index (χ2n) is 5.30. The van der Waals surface area contributed by atoms with Crippen LogP contribution in [0.1, 0.15) is 0 Å². The summed E-state index contributed by atoms with van der Waals surface area (Å²) in [4.78, 5) is 12.3. The summed E-state index contributed by atoms with van der Waals surface area (Å²) in [5.41, 5.74) is -0.701. The topological polar surface area (TPSA) is 183 Å². The van der Waals surface area contributed by atoms with Crippen molar-refractivity contribution in [1.29, 1.82) is 0 Å². The second kappa shape index (κ2) is 6.79. The van der Waals surface area contributed by atoms with E-state index in [0.717, 1.165) is 30.3 Å². The Balaban J connectivity index is 2.08. The molecule has 148 valence electrons. The van der Waals surface area contributed by atoms with Crippen molar-refractivity contribution in [3.05, 3.63) is 52.7 Å². The number of phenolic OH excluding ortho intramolecular Hbond substituents is 1. The molecule has 3 aromatic rings. The van der Waals surface area contributed by atoms with Crippen LogP contribution in [-0.4, -0.2) is 31.0 Å². The van der Waals surface area contributed by atoms with Crippen molar-refractivity contribution >= 4 is 31.8 Å². The van der Waals surface area contributed by atoms with Crippen LogP contribution in [0.5, 0.6) is 17.2 Å². The Bertz CT molecular complexity index is 1320. The Hall–Kier alpha value is -3.13. The van der Waals surface area contributed by atoms with Gasteiger partial charge in [0.2, 0.25) is 0 Å². The Morgan fingerprint density at radius 3 is 2.00 bits per heavy atom. The van der Waals surface area contributed by atoms with Crippen molar-refractivity contribution in [2.24, 2.45) is 0 Å². The molecule has 3 rings (SSSR count). The lowest BCUT2D eigenvalue weighted by Gasteiger charge is -2.11. The molecule has 0 atom stereocenters. The molecule has 0 saturated carbocycles. The minimum absolute atomic E-state index is 0.0458. The van der Waals surface area contributed by atoms with E-state index < -0.39 is 37.7 Å². The molecule has 0 aliphatic heterocycles. The molecule has 0 aliphatic rings. The number of aromatic hydroxyl groups is 1. The first-order valence-corrected chi connectivity index (χ1v) is 9.80. The molecule has 13 heteroatoms. The van der Waals surface area contributed by atoms with Gasteiger partial charge in [0.15, 0.2) is 5.43 Å². The van der Waals surface area contributed by atoms with Gasteiger partial charge in [-0.25, -0.2) is 16.8 Å². The molecular weight excluding hydrogens is 420 g/mol. The normalized spacial score (nSPS) is 12.1. The zero-order valence-electron chi connectivity index (χ0n) is 13.4. The number of hydrogen-bond donors (Lipinski definition) is 1. The summed E-state index contributed by atoms with van der Waals surface area (Å²) >= 11 is 0. The van der Waals surface area contributed by atoms with Crippen LogP contribution in [0.4, 0.5) is 0 Å². The average Bonchev–Trinajstić information content (AvgIpc) is 2.51. The molecule has 1 heterocycles. The fraction of sp³-hybridized carbons (Fsp3) is 0. The van der Waals surface area contributed by atoms with Crippen molar-refractivity contribution in [1.82, 2.24) is 0 Å². The van der Waals surface area contributed by atoms with Gasteiger partial charge in [0, 0.05) is 23.8 Å². The highest BCUT2D eigenvalue weighted by atomic mass is 32.3. The van der Waals surface area contributed by atoms with Crippen LogP contribution < -0.4 is 13.8 Å². The average molecular weight is 428 g/mol. The number of rotatable bonds is 5. The number of hydrogen-bond acceptors (Lipinski definition) is 11. The van der Waals surface area contributed by atoms with Crippen LogP contribution in [0.3, 0.4) is 0 Å². The quantitative estimate of drug-likeness (QED) is 0.449. The molecule has 0 spiro atoms. The lowest BCUT2D eigenvalue weighted by molar-refractivity contribution is 0.369. The SMILES string of the molecule is O=c1cc(-c2ccc(OS(=O)(=O)[O-])cc2)oc2cc(OS(=O)(=O)[O-])cc(O)c12. The largest absolute Gasteiger partial charge is 0.716 e. The molecular formula is C15H8O11S2-2. The molecule has 1 N–H and O–H groups in total. The molecule has 2 aromatic carbocycles. The third-order valence-corrected chi connectivity index (χ3v) is 4.11. The van der Waals surface area contributed by atoms with E-state index in [1.165, 1.54) is 12.1 Å². The number of fused-ring (bicyclic) bond motifs is 1. The van der Waals surface area contributed by atoms with E-state index in [-0.39, 0.29) is 28.0 Å². The Kier molecular flexibility index (Phi) is 4.76. The molecule has 1 aromatic heterocycles. The fourth-order valence-electron chi connectivity index (χ4n) is 2.34. The van der Waals surface area contributed by atoms with Crippen molar-refractivity contribution in [3.63, 3.8) is 0 Å². The third kappa shape index (κ3) is 4.58. The fourth-order valence-corrected chi connectivity index (χ4v) is 3.02. The molecule has 28 heavy (non-hydrogen) atoms. The first-order valence-electron chi connectivity index (χ1n) is 7.13. The molecule has 0 fully saturated rings. The first kappa shape index (κ1) is 19.6. The lowest BCUT2D eigenvalue weighted by Crippen LogP contribution is -2.08. The van der Waals surface area contributed by atoms with Gasteiger partial charge in [-0.15, -0.1) is 0 Å². The maximum atomic E-state index is 12.3. The summed E-state index contributed by atoms with van der Waals surface area (Å²) in [7, 11) is -10.1. The van der Waals surface area contributed by atoms with Crippen molar-refractivity contribution in [2.75, 3.05) is 0 Å². The molecule has 0 radical (unpaired) electrons. The van der Waals surface area contributed by atoms with E-state index in [1.807, 2.05) is 0 Å². The van der Waals surface area contributed by atoms with Crippen molar-refractivity contribution in [2.45, 2.75) is 0 Å². The van der Waals surface area contributed by atoms with E-state index in [2.05, 4.69) is 8.37 Å². The van der Waals surface area contributed by atoms with Gasteiger partial charge in [0.25, 0.3) is 20.8 Å². The summed E-state index contributed by atoms with van der Waals surface area (Å²) in [5, 5.41) is 9.62. The van der Waals surface area contributed by atoms with E-state index >= 15 is 0 Å². The summed E-state index contributed by atoms with van der Waals surface area (Å²) in [6.07, 6.45) is 0. The summed E-state index contributed by atoms with van der Waals surface area (Å²) in [6, 6.07) is 7.56. The molecule has 0 amide bonds. The van der Waals surface area contributed by atoms with Crippen LogP contribution >= 0.6 is 0 Å². The number of benzene rings is 2. The second-order valence-corrected chi connectivity index (χ2v) is 7.26. The predicted octanol–water partition coefficient (Wildman–Crippen LogP) is 0.844. The van der Waals surface area contributed by atoms with Crippen LogP contribution in [0.25, 0.3) is 22.3 Å². The minimum atomic E-state index is -5.12. The standard InChI is InChI=1S/C15H10O11S2/c16-11-5-10(26-28(21,22)23)6-14-15(11)12(17)7-13(24-14)8-1-3-9(4-2-8)25-27(18,19)20/h1-7,16H,(H,18,19,20)(H,21,22,23)/p-2. The lowest BCUT2D eigenvalue weighted by atomic mass is 10.1. The van der Waals surface area contributed by atoms with E-state index in [0.29, 0.717) is 0 Å². The Morgan fingerprint density at radius 1 is 0.857 bits per heavy atom. The highest BCUT2D eigenvalue weighted by molar-refractivity contribution is 7.81. The Labute approximate surface area is 157 Å². The van der Waals surface area contributed by atoms with E-state index in [1.54, 1.807) is 0 Å². The van der Waals surface area contributed by atoms with Crippen molar-refractivity contribution < 1.29 is 43.8 Å². The van der Waals surface area contributed by atoms with Crippen LogP contribution in [0.15, 0.2) is 51.7 Å². The molecule has 0 saturated heterocycles. The smallest absolute Gasteiger partial charge is 0.262 e. The van der Waals surface area contributed by atoms with Gasteiger partial charge in [-0.2, -0.15) is 0 Å². The van der Waals surface area contributed by atoms with Gasteiger partial charge >= 0.3 is 0 Å². The van der Waals surface area contributed by atoms with Gasteiger partial charge in [0.1, 0.15) is 34.0 Å². The third-order valence-electron chi connectivity index (χ3n) is 3.32. The highest BCUT2D eigenvalue weighted by Gasteiger charge is 2.14. The molecule has 0 bridgehead atoms. The molecule has 0 aliphatic carbocycles. The van der Waals surface area contributed by atoms with Gasteiger partial charge in [0.05, 0.1) is 0 Å². The number of phenols is 1.